The molecule has 10 heteroatoms. The Bertz CT molecular complexity index is 1600. The van der Waals surface area contributed by atoms with Gasteiger partial charge in [-0.25, -0.2) is 17.6 Å². The van der Waals surface area contributed by atoms with Gasteiger partial charge < -0.3 is 10.2 Å². The highest BCUT2D eigenvalue weighted by atomic mass is 32.2. The summed E-state index contributed by atoms with van der Waals surface area (Å²) in [7, 11) is -2.10. The van der Waals surface area contributed by atoms with Crippen molar-refractivity contribution in [2.75, 3.05) is 36.0 Å². The number of aromatic nitrogens is 2. The minimum absolute atomic E-state index is 0.0622. The number of nitrogens with one attached hydrogen (secondary N) is 1. The second-order valence-electron chi connectivity index (χ2n) is 11.7. The molecule has 0 bridgehead atoms. The van der Waals surface area contributed by atoms with Crippen LogP contribution in [0.3, 0.4) is 0 Å². The summed E-state index contributed by atoms with van der Waals surface area (Å²) in [6.07, 6.45) is 6.92. The zero-order valence-corrected chi connectivity index (χ0v) is 24.8. The molecule has 2 saturated carbocycles. The molecule has 1 aliphatic heterocycles. The number of rotatable bonds is 7. The predicted molar refractivity (Wildman–Crippen MR) is 162 cm³/mol. The normalized spacial score (nSPS) is 22.6. The van der Waals surface area contributed by atoms with Crippen molar-refractivity contribution in [3.8, 4) is 22.9 Å². The van der Waals surface area contributed by atoms with E-state index in [1.54, 1.807) is 16.8 Å². The molecule has 3 aromatic rings. The van der Waals surface area contributed by atoms with Crippen LogP contribution in [-0.2, 0) is 14.5 Å². The summed E-state index contributed by atoms with van der Waals surface area (Å²) in [4.78, 5) is 15.7. The van der Waals surface area contributed by atoms with Gasteiger partial charge in [-0.2, -0.15) is 10.4 Å². The third-order valence-corrected chi connectivity index (χ3v) is 11.3. The minimum atomic E-state index is -2.10. The van der Waals surface area contributed by atoms with Crippen LogP contribution in [-0.4, -0.2) is 56.6 Å². The van der Waals surface area contributed by atoms with Crippen molar-refractivity contribution in [1.82, 2.24) is 15.1 Å². The first kappa shape index (κ1) is 28.4. The average molecular weight is 589 g/mol. The summed E-state index contributed by atoms with van der Waals surface area (Å²) in [5, 5.41) is 17.6. The molecular formula is C32H37FN6O2S. The fourth-order valence-corrected chi connectivity index (χ4v) is 8.24. The number of anilines is 1. The highest BCUT2D eigenvalue weighted by Gasteiger charge is 2.47. The summed E-state index contributed by atoms with van der Waals surface area (Å²) in [6, 6.07) is 16.9. The van der Waals surface area contributed by atoms with Crippen LogP contribution in [0.25, 0.3) is 16.8 Å². The maximum absolute atomic E-state index is 13.7. The molecule has 2 atom stereocenters. The van der Waals surface area contributed by atoms with Gasteiger partial charge >= 0.3 is 0 Å². The van der Waals surface area contributed by atoms with E-state index >= 15 is 0 Å². The lowest BCUT2D eigenvalue weighted by atomic mass is 9.75. The zero-order valence-electron chi connectivity index (χ0n) is 24.0. The molecule has 42 heavy (non-hydrogen) atoms. The maximum atomic E-state index is 13.7. The lowest BCUT2D eigenvalue weighted by Crippen LogP contribution is -2.42. The van der Waals surface area contributed by atoms with Crippen LogP contribution in [0.5, 0.6) is 0 Å². The fourth-order valence-electron chi connectivity index (χ4n) is 6.29. The summed E-state index contributed by atoms with van der Waals surface area (Å²) in [6.45, 7) is 3.93. The Morgan fingerprint density at radius 1 is 1.10 bits per heavy atom. The number of amides is 1. The first-order valence-corrected chi connectivity index (χ1v) is 16.8. The number of benzene rings is 2. The zero-order chi connectivity index (χ0) is 29.3. The van der Waals surface area contributed by atoms with Crippen LogP contribution in [0.4, 0.5) is 10.1 Å². The average Bonchev–Trinajstić information content (AvgIpc) is 3.64. The standard InChI is InChI=1S/C32H37FN6O2S/c1-2-35-42(41)19-17-38(18-20-42)25-11-7-23(8-12-25)29-21-39(26-13-9-24(33)10-14-26)37-30(29)27-5-3-4-6-28(27)31(40)36-32(22-34)15-16-32/h7-14,21,27-28H,2-6,15-20H2,1H3,(H,36,40)/t27-,28-/m1/s1. The van der Waals surface area contributed by atoms with Crippen molar-refractivity contribution in [3.05, 3.63) is 66.2 Å². The maximum Gasteiger partial charge on any atom is 0.225 e. The largest absolute Gasteiger partial charge is 0.370 e. The molecule has 6 rings (SSSR count). The minimum Gasteiger partial charge on any atom is -0.370 e. The predicted octanol–water partition coefficient (Wildman–Crippen LogP) is 5.43. The Hall–Kier alpha value is -3.71. The topological polar surface area (TPSA) is 103 Å². The van der Waals surface area contributed by atoms with E-state index in [4.69, 9.17) is 5.10 Å². The van der Waals surface area contributed by atoms with Crippen LogP contribution in [0, 0.1) is 23.1 Å². The molecule has 1 amide bonds. The van der Waals surface area contributed by atoms with Crippen LogP contribution in [0.1, 0.15) is 57.1 Å². The molecule has 3 aliphatic rings. The van der Waals surface area contributed by atoms with E-state index in [-0.39, 0.29) is 23.6 Å². The Balaban J connectivity index is 1.32. The van der Waals surface area contributed by atoms with Crippen molar-refractivity contribution in [2.45, 2.75) is 56.9 Å². The van der Waals surface area contributed by atoms with E-state index in [1.807, 2.05) is 13.1 Å². The number of nitrogens with zero attached hydrogens (tertiary/aromatic N) is 5. The first-order valence-electron chi connectivity index (χ1n) is 14.9. The van der Waals surface area contributed by atoms with Gasteiger partial charge in [0.15, 0.2) is 0 Å². The number of carbonyl (C=O) groups is 1. The van der Waals surface area contributed by atoms with Crippen molar-refractivity contribution >= 4 is 21.3 Å². The quantitative estimate of drug-likeness (QED) is 0.396. The summed E-state index contributed by atoms with van der Waals surface area (Å²) in [5.41, 5.74) is 3.90. The van der Waals surface area contributed by atoms with Gasteiger partial charge in [-0.1, -0.05) is 25.0 Å². The van der Waals surface area contributed by atoms with E-state index in [9.17, 15) is 18.7 Å². The highest BCUT2D eigenvalue weighted by molar-refractivity contribution is 7.93. The molecular weight excluding hydrogens is 551 g/mol. The monoisotopic (exact) mass is 588 g/mol. The summed E-state index contributed by atoms with van der Waals surface area (Å²) in [5.74, 6) is 0.422. The van der Waals surface area contributed by atoms with Crippen LogP contribution >= 0.6 is 0 Å². The second kappa shape index (κ2) is 11.5. The van der Waals surface area contributed by atoms with Crippen molar-refractivity contribution in [1.29, 1.82) is 5.26 Å². The van der Waals surface area contributed by atoms with Gasteiger partial charge in [0.1, 0.15) is 11.4 Å². The Morgan fingerprint density at radius 2 is 1.76 bits per heavy atom. The van der Waals surface area contributed by atoms with E-state index < -0.39 is 15.3 Å². The lowest BCUT2D eigenvalue weighted by Gasteiger charge is -2.31. The number of halogens is 1. The number of nitriles is 1. The number of carbonyl (C=O) groups excluding carboxylic acids is 1. The summed E-state index contributed by atoms with van der Waals surface area (Å²) >= 11 is 0. The Kier molecular flexibility index (Phi) is 7.79. The van der Waals surface area contributed by atoms with Gasteiger partial charge in [-0.05, 0) is 74.6 Å². The second-order valence-corrected chi connectivity index (χ2v) is 14.3. The molecule has 0 unspecified atom stereocenters. The third kappa shape index (κ3) is 5.80. The van der Waals surface area contributed by atoms with Gasteiger partial charge in [-0.15, -0.1) is 0 Å². The Morgan fingerprint density at radius 3 is 2.40 bits per heavy atom. The van der Waals surface area contributed by atoms with Crippen LogP contribution in [0.2, 0.25) is 0 Å². The van der Waals surface area contributed by atoms with Gasteiger partial charge in [0.05, 0.1) is 27.2 Å². The highest BCUT2D eigenvalue weighted by Crippen LogP contribution is 2.43. The number of hydrogen-bond acceptors (Lipinski definition) is 6. The van der Waals surface area contributed by atoms with Crippen LogP contribution in [0.15, 0.2) is 59.1 Å². The summed E-state index contributed by atoms with van der Waals surface area (Å²) < 4.78 is 32.7. The Labute approximate surface area is 247 Å². The molecule has 220 valence electrons. The smallest absolute Gasteiger partial charge is 0.225 e. The van der Waals surface area contributed by atoms with Gasteiger partial charge in [0.2, 0.25) is 5.91 Å². The molecule has 0 spiro atoms. The van der Waals surface area contributed by atoms with Crippen molar-refractivity contribution in [3.63, 3.8) is 0 Å². The molecule has 1 N–H and O–H groups in total. The molecule has 3 fully saturated rings. The third-order valence-electron chi connectivity index (χ3n) is 8.88. The molecule has 2 aromatic carbocycles. The van der Waals surface area contributed by atoms with E-state index in [2.05, 4.69) is 44.9 Å². The SMILES string of the molecule is CCN=S1(=O)CCN(c2ccc(-c3cn(-c4ccc(F)cc4)nc3[C@@H]3CCCC[C@H]3C(=O)NC3(C#N)CC3)cc2)CC1. The van der Waals surface area contributed by atoms with Crippen molar-refractivity contribution < 1.29 is 13.4 Å². The number of hydrogen-bond donors (Lipinski definition) is 1. The van der Waals surface area contributed by atoms with Crippen molar-refractivity contribution in [2.24, 2.45) is 10.3 Å². The van der Waals surface area contributed by atoms with E-state index in [1.165, 1.54) is 12.1 Å². The molecule has 2 heterocycles. The van der Waals surface area contributed by atoms with E-state index in [0.717, 1.165) is 53.9 Å². The van der Waals surface area contributed by atoms with Gasteiger partial charge in [-0.3, -0.25) is 4.79 Å². The fraction of sp³-hybridized carbons (Fsp3) is 0.469. The van der Waals surface area contributed by atoms with Gasteiger partial charge in [0.25, 0.3) is 0 Å². The molecule has 0 radical (unpaired) electrons. The molecule has 1 saturated heterocycles. The lowest BCUT2D eigenvalue weighted by molar-refractivity contribution is -0.127. The molecule has 8 nitrogen and oxygen atoms in total. The van der Waals surface area contributed by atoms with Crippen LogP contribution < -0.4 is 10.2 Å². The molecule has 2 aliphatic carbocycles. The first-order chi connectivity index (χ1) is 20.3. The van der Waals surface area contributed by atoms with E-state index in [0.29, 0.717) is 44.0 Å². The van der Waals surface area contributed by atoms with Gasteiger partial charge in [0, 0.05) is 60.4 Å². The molecule has 1 aromatic heterocycles.